The number of carbonyl (C=O) groups is 2. The second-order valence-electron chi connectivity index (χ2n) is 6.35. The molecule has 3 N–H and O–H groups in total. The molecule has 0 atom stereocenters. The third kappa shape index (κ3) is 5.08. The highest BCUT2D eigenvalue weighted by Crippen LogP contribution is 2.25. The van der Waals surface area contributed by atoms with Gasteiger partial charge in [-0.25, -0.2) is 4.79 Å². The van der Waals surface area contributed by atoms with Gasteiger partial charge >= 0.3 is 6.03 Å². The lowest BCUT2D eigenvalue weighted by atomic mass is 9.88. The molecule has 1 saturated carbocycles. The Morgan fingerprint density at radius 3 is 1.80 bits per heavy atom. The van der Waals surface area contributed by atoms with E-state index in [2.05, 4.69) is 16.0 Å². The molecule has 2 aromatic rings. The smallest absolute Gasteiger partial charge is 0.323 e. The molecule has 2 aromatic carbocycles. The third-order valence-corrected chi connectivity index (χ3v) is 4.42. The SMILES string of the molecule is O=C(Nc1ccccc1)Nc1ccc(NC(=O)C2CCCCC2)cc1. The summed E-state index contributed by atoms with van der Waals surface area (Å²) in [7, 11) is 0. The van der Waals surface area contributed by atoms with Crippen molar-refractivity contribution in [3.63, 3.8) is 0 Å². The molecule has 0 saturated heterocycles. The number of para-hydroxylation sites is 1. The molecule has 0 aromatic heterocycles. The Morgan fingerprint density at radius 1 is 0.680 bits per heavy atom. The average molecular weight is 337 g/mol. The van der Waals surface area contributed by atoms with Crippen LogP contribution in [0.5, 0.6) is 0 Å². The van der Waals surface area contributed by atoms with Gasteiger partial charge in [0.25, 0.3) is 0 Å². The van der Waals surface area contributed by atoms with Gasteiger partial charge in [0.15, 0.2) is 0 Å². The number of anilines is 3. The number of hydrogen-bond donors (Lipinski definition) is 3. The molecule has 0 radical (unpaired) electrons. The normalized spacial score (nSPS) is 14.6. The van der Waals surface area contributed by atoms with Crippen LogP contribution in [0.2, 0.25) is 0 Å². The van der Waals surface area contributed by atoms with E-state index in [0.29, 0.717) is 5.69 Å². The number of amides is 3. The van der Waals surface area contributed by atoms with Crippen LogP contribution in [0.1, 0.15) is 32.1 Å². The lowest BCUT2D eigenvalue weighted by Gasteiger charge is -2.20. The molecule has 5 heteroatoms. The van der Waals surface area contributed by atoms with Crippen molar-refractivity contribution >= 4 is 29.0 Å². The van der Waals surface area contributed by atoms with E-state index >= 15 is 0 Å². The molecule has 0 aliphatic heterocycles. The molecule has 1 aliphatic rings. The summed E-state index contributed by atoms with van der Waals surface area (Å²) in [5.41, 5.74) is 2.16. The quantitative estimate of drug-likeness (QED) is 0.746. The van der Waals surface area contributed by atoms with E-state index < -0.39 is 0 Å². The number of rotatable bonds is 4. The minimum absolute atomic E-state index is 0.0993. The zero-order valence-corrected chi connectivity index (χ0v) is 14.1. The molecule has 0 heterocycles. The number of benzene rings is 2. The van der Waals surface area contributed by atoms with Crippen molar-refractivity contribution in [1.29, 1.82) is 0 Å². The van der Waals surface area contributed by atoms with Crippen molar-refractivity contribution in [2.75, 3.05) is 16.0 Å². The molecule has 3 rings (SSSR count). The van der Waals surface area contributed by atoms with Crippen LogP contribution in [0.4, 0.5) is 21.9 Å². The Morgan fingerprint density at radius 2 is 1.20 bits per heavy atom. The fourth-order valence-electron chi connectivity index (χ4n) is 3.06. The minimum atomic E-state index is -0.301. The van der Waals surface area contributed by atoms with Crippen LogP contribution in [-0.2, 0) is 4.79 Å². The van der Waals surface area contributed by atoms with Gasteiger partial charge in [0, 0.05) is 23.0 Å². The first-order valence-corrected chi connectivity index (χ1v) is 8.75. The summed E-state index contributed by atoms with van der Waals surface area (Å²) >= 11 is 0. The Bertz CT molecular complexity index is 707. The lowest BCUT2D eigenvalue weighted by Crippen LogP contribution is -2.24. The van der Waals surface area contributed by atoms with Crippen molar-refractivity contribution in [2.45, 2.75) is 32.1 Å². The highest BCUT2D eigenvalue weighted by atomic mass is 16.2. The number of urea groups is 1. The van der Waals surface area contributed by atoms with Crippen LogP contribution in [-0.4, -0.2) is 11.9 Å². The predicted octanol–water partition coefficient (Wildman–Crippen LogP) is 4.85. The second kappa shape index (κ2) is 8.33. The zero-order valence-electron chi connectivity index (χ0n) is 14.1. The maximum Gasteiger partial charge on any atom is 0.323 e. The standard InChI is InChI=1S/C20H23N3O2/c24-19(15-7-3-1-4-8-15)21-17-11-13-18(14-12-17)23-20(25)22-16-9-5-2-6-10-16/h2,5-6,9-15H,1,3-4,7-8H2,(H,21,24)(H2,22,23,25). The Labute approximate surface area is 147 Å². The number of nitrogens with one attached hydrogen (secondary N) is 3. The van der Waals surface area contributed by atoms with Crippen LogP contribution in [0.25, 0.3) is 0 Å². The van der Waals surface area contributed by atoms with Gasteiger partial charge in [-0.1, -0.05) is 37.5 Å². The highest BCUT2D eigenvalue weighted by molar-refractivity contribution is 6.00. The van der Waals surface area contributed by atoms with Gasteiger partial charge in [0.2, 0.25) is 5.91 Å². The van der Waals surface area contributed by atoms with Crippen molar-refractivity contribution < 1.29 is 9.59 Å². The van der Waals surface area contributed by atoms with E-state index in [1.165, 1.54) is 6.42 Å². The molecule has 0 spiro atoms. The van der Waals surface area contributed by atoms with Crippen LogP contribution < -0.4 is 16.0 Å². The summed E-state index contributed by atoms with van der Waals surface area (Å²) < 4.78 is 0. The summed E-state index contributed by atoms with van der Waals surface area (Å²) in [5.74, 6) is 0.227. The van der Waals surface area contributed by atoms with Crippen LogP contribution in [0.15, 0.2) is 54.6 Å². The largest absolute Gasteiger partial charge is 0.326 e. The molecule has 5 nitrogen and oxygen atoms in total. The Balaban J connectivity index is 1.51. The summed E-state index contributed by atoms with van der Waals surface area (Å²) in [4.78, 5) is 24.2. The van der Waals surface area contributed by atoms with E-state index in [0.717, 1.165) is 37.1 Å². The molecule has 1 aliphatic carbocycles. The van der Waals surface area contributed by atoms with E-state index in [1.54, 1.807) is 24.3 Å². The fourth-order valence-corrected chi connectivity index (χ4v) is 3.06. The van der Waals surface area contributed by atoms with Gasteiger partial charge in [0.1, 0.15) is 0 Å². The van der Waals surface area contributed by atoms with Gasteiger partial charge < -0.3 is 16.0 Å². The second-order valence-corrected chi connectivity index (χ2v) is 6.35. The molecule has 0 bridgehead atoms. The maximum atomic E-state index is 12.2. The van der Waals surface area contributed by atoms with Gasteiger partial charge in [-0.3, -0.25) is 4.79 Å². The van der Waals surface area contributed by atoms with Crippen LogP contribution >= 0.6 is 0 Å². The van der Waals surface area contributed by atoms with Crippen molar-refractivity contribution in [2.24, 2.45) is 5.92 Å². The predicted molar refractivity (Wildman–Crippen MR) is 101 cm³/mol. The lowest BCUT2D eigenvalue weighted by molar-refractivity contribution is -0.120. The van der Waals surface area contributed by atoms with E-state index in [4.69, 9.17) is 0 Å². The molecule has 1 fully saturated rings. The summed E-state index contributed by atoms with van der Waals surface area (Å²) in [5, 5.41) is 8.50. The molecule has 25 heavy (non-hydrogen) atoms. The number of carbonyl (C=O) groups excluding carboxylic acids is 2. The minimum Gasteiger partial charge on any atom is -0.326 e. The van der Waals surface area contributed by atoms with Crippen LogP contribution in [0, 0.1) is 5.92 Å². The van der Waals surface area contributed by atoms with E-state index in [-0.39, 0.29) is 17.9 Å². The van der Waals surface area contributed by atoms with Gasteiger partial charge in [-0.15, -0.1) is 0 Å². The number of hydrogen-bond acceptors (Lipinski definition) is 2. The monoisotopic (exact) mass is 337 g/mol. The highest BCUT2D eigenvalue weighted by Gasteiger charge is 2.20. The molecular weight excluding hydrogens is 314 g/mol. The first-order valence-electron chi connectivity index (χ1n) is 8.75. The summed E-state index contributed by atoms with van der Waals surface area (Å²) in [6.07, 6.45) is 5.46. The van der Waals surface area contributed by atoms with Gasteiger partial charge in [0.05, 0.1) is 0 Å². The zero-order chi connectivity index (χ0) is 17.5. The van der Waals surface area contributed by atoms with E-state index in [9.17, 15) is 9.59 Å². The van der Waals surface area contributed by atoms with Crippen LogP contribution in [0.3, 0.4) is 0 Å². The van der Waals surface area contributed by atoms with Gasteiger partial charge in [-0.05, 0) is 49.2 Å². The maximum absolute atomic E-state index is 12.2. The molecule has 3 amide bonds. The summed E-state index contributed by atoms with van der Waals surface area (Å²) in [6.45, 7) is 0. The Hall–Kier alpha value is -2.82. The fraction of sp³-hybridized carbons (Fsp3) is 0.300. The average Bonchev–Trinajstić information content (AvgIpc) is 2.65. The van der Waals surface area contributed by atoms with Crippen molar-refractivity contribution in [3.8, 4) is 0 Å². The van der Waals surface area contributed by atoms with Crippen molar-refractivity contribution in [3.05, 3.63) is 54.6 Å². The summed E-state index contributed by atoms with van der Waals surface area (Å²) in [6, 6.07) is 16.1. The molecule has 0 unspecified atom stereocenters. The molecular formula is C20H23N3O2. The van der Waals surface area contributed by atoms with Crippen molar-refractivity contribution in [1.82, 2.24) is 0 Å². The third-order valence-electron chi connectivity index (χ3n) is 4.42. The topological polar surface area (TPSA) is 70.2 Å². The Kier molecular flexibility index (Phi) is 5.67. The van der Waals surface area contributed by atoms with E-state index in [1.807, 2.05) is 30.3 Å². The molecule has 130 valence electrons. The first-order chi connectivity index (χ1) is 12.2. The van der Waals surface area contributed by atoms with Gasteiger partial charge in [-0.2, -0.15) is 0 Å². The first kappa shape index (κ1) is 17.0.